The van der Waals surface area contributed by atoms with Gasteiger partial charge in [-0.3, -0.25) is 9.59 Å². The first-order valence-electron chi connectivity index (χ1n) is 7.20. The Kier molecular flexibility index (Phi) is 8.30. The Morgan fingerprint density at radius 3 is 2.41 bits per heavy atom. The average molecular weight is 335 g/mol. The summed E-state index contributed by atoms with van der Waals surface area (Å²) >= 11 is 0. The number of rotatable bonds is 7. The highest BCUT2D eigenvalue weighted by Crippen LogP contribution is 2.25. The SMILES string of the molecule is CC(OC(=O)NCC(=O)CP(O)O)OC(=O)C1CCCCC1. The molecule has 0 aromatic rings. The number of hydrogen-bond acceptors (Lipinski definition) is 7. The summed E-state index contributed by atoms with van der Waals surface area (Å²) < 4.78 is 9.85. The third-order valence-electron chi connectivity index (χ3n) is 3.24. The molecule has 3 N–H and O–H groups in total. The quantitative estimate of drug-likeness (QED) is 0.361. The van der Waals surface area contributed by atoms with Gasteiger partial charge in [0.15, 0.2) is 14.2 Å². The maximum Gasteiger partial charge on any atom is 0.410 e. The highest BCUT2D eigenvalue weighted by atomic mass is 31.2. The van der Waals surface area contributed by atoms with Crippen LogP contribution in [0.15, 0.2) is 0 Å². The number of amides is 1. The summed E-state index contributed by atoms with van der Waals surface area (Å²) in [4.78, 5) is 51.7. The lowest BCUT2D eigenvalue weighted by Gasteiger charge is -2.22. The van der Waals surface area contributed by atoms with Gasteiger partial charge in [0.25, 0.3) is 0 Å². The van der Waals surface area contributed by atoms with Crippen LogP contribution >= 0.6 is 8.38 Å². The zero-order valence-corrected chi connectivity index (χ0v) is 13.4. The highest BCUT2D eigenvalue weighted by Gasteiger charge is 2.25. The molecule has 1 aliphatic rings. The summed E-state index contributed by atoms with van der Waals surface area (Å²) in [5, 5.41) is 2.16. The Morgan fingerprint density at radius 2 is 1.82 bits per heavy atom. The maximum absolute atomic E-state index is 11.8. The molecule has 8 nitrogen and oxygen atoms in total. The zero-order chi connectivity index (χ0) is 16.5. The summed E-state index contributed by atoms with van der Waals surface area (Å²) in [6.07, 6.45) is 2.33. The van der Waals surface area contributed by atoms with Crippen molar-refractivity contribution in [3.8, 4) is 0 Å². The van der Waals surface area contributed by atoms with Crippen LogP contribution in [0.3, 0.4) is 0 Å². The van der Waals surface area contributed by atoms with Gasteiger partial charge in [0, 0.05) is 6.92 Å². The molecule has 1 aliphatic carbocycles. The molecule has 126 valence electrons. The van der Waals surface area contributed by atoms with Crippen molar-refractivity contribution in [3.63, 3.8) is 0 Å². The van der Waals surface area contributed by atoms with E-state index in [4.69, 9.17) is 19.3 Å². The maximum atomic E-state index is 11.8. The molecule has 1 atom stereocenters. The third kappa shape index (κ3) is 7.68. The van der Waals surface area contributed by atoms with Crippen molar-refractivity contribution in [1.29, 1.82) is 0 Å². The van der Waals surface area contributed by atoms with E-state index in [0.717, 1.165) is 32.1 Å². The minimum atomic E-state index is -2.32. The number of carbonyl (C=O) groups is 3. The molecule has 0 aromatic carbocycles. The van der Waals surface area contributed by atoms with E-state index in [2.05, 4.69) is 5.32 Å². The van der Waals surface area contributed by atoms with E-state index in [1.165, 1.54) is 6.92 Å². The fraction of sp³-hybridized carbons (Fsp3) is 0.769. The van der Waals surface area contributed by atoms with Crippen LogP contribution in [0.2, 0.25) is 0 Å². The summed E-state index contributed by atoms with van der Waals surface area (Å²) in [5.41, 5.74) is 0. The molecule has 0 heterocycles. The Morgan fingerprint density at radius 1 is 1.18 bits per heavy atom. The van der Waals surface area contributed by atoms with E-state index in [9.17, 15) is 14.4 Å². The van der Waals surface area contributed by atoms with E-state index < -0.39 is 32.7 Å². The first kappa shape index (κ1) is 18.8. The average Bonchev–Trinajstić information content (AvgIpc) is 2.45. The number of esters is 1. The van der Waals surface area contributed by atoms with Crippen molar-refractivity contribution in [3.05, 3.63) is 0 Å². The van der Waals surface area contributed by atoms with Crippen LogP contribution in [0.1, 0.15) is 39.0 Å². The fourth-order valence-electron chi connectivity index (χ4n) is 2.20. The van der Waals surface area contributed by atoms with Gasteiger partial charge in [0.1, 0.15) is 0 Å². The predicted octanol–water partition coefficient (Wildman–Crippen LogP) is 1.05. The van der Waals surface area contributed by atoms with E-state index >= 15 is 0 Å². The van der Waals surface area contributed by atoms with Gasteiger partial charge in [-0.1, -0.05) is 19.3 Å². The normalized spacial score (nSPS) is 16.9. The molecule has 1 amide bonds. The molecule has 1 saturated carbocycles. The standard InChI is InChI=1S/C13H22NO7P/c1-9(20-12(16)10-5-3-2-4-6-10)21-13(17)14-7-11(15)8-22(18)19/h9-10,18-19H,2-8H2,1H3,(H,14,17). The van der Waals surface area contributed by atoms with Crippen LogP contribution in [0, 0.1) is 5.92 Å². The van der Waals surface area contributed by atoms with Crippen LogP contribution < -0.4 is 5.32 Å². The van der Waals surface area contributed by atoms with Gasteiger partial charge < -0.3 is 24.6 Å². The minimum absolute atomic E-state index is 0.141. The number of hydrogen-bond donors (Lipinski definition) is 3. The van der Waals surface area contributed by atoms with E-state index in [-0.39, 0.29) is 18.4 Å². The Labute approximate surface area is 130 Å². The Hall–Kier alpha value is -1.24. The molecular weight excluding hydrogens is 313 g/mol. The lowest BCUT2D eigenvalue weighted by atomic mass is 9.89. The van der Waals surface area contributed by atoms with Crippen LogP contribution in [0.5, 0.6) is 0 Å². The van der Waals surface area contributed by atoms with Gasteiger partial charge >= 0.3 is 12.1 Å². The largest absolute Gasteiger partial charge is 0.425 e. The molecular formula is C13H22NO7P. The summed E-state index contributed by atoms with van der Waals surface area (Å²) in [6, 6.07) is 0. The van der Waals surface area contributed by atoms with Crippen molar-refractivity contribution >= 4 is 26.2 Å². The predicted molar refractivity (Wildman–Crippen MR) is 77.8 cm³/mol. The topological polar surface area (TPSA) is 122 Å². The number of Topliss-reactive ketones (excluding diaryl/α,β-unsaturated/α-hetero) is 1. The number of alkyl carbamates (subject to hydrolysis) is 1. The number of ether oxygens (including phenoxy) is 2. The van der Waals surface area contributed by atoms with Crippen LogP contribution in [-0.4, -0.2) is 46.6 Å². The van der Waals surface area contributed by atoms with Gasteiger partial charge in [-0.25, -0.2) is 4.79 Å². The van der Waals surface area contributed by atoms with Crippen molar-refractivity contribution in [2.45, 2.75) is 45.3 Å². The molecule has 0 aromatic heterocycles. The lowest BCUT2D eigenvalue weighted by Crippen LogP contribution is -2.35. The number of carbonyl (C=O) groups excluding carboxylic acids is 3. The summed E-state index contributed by atoms with van der Waals surface area (Å²) in [6.45, 7) is 1.05. The monoisotopic (exact) mass is 335 g/mol. The van der Waals surface area contributed by atoms with Crippen LogP contribution in [0.4, 0.5) is 4.79 Å². The highest BCUT2D eigenvalue weighted by molar-refractivity contribution is 7.46. The molecule has 9 heteroatoms. The number of ketones is 1. The fourth-order valence-corrected chi connectivity index (χ4v) is 2.63. The second-order valence-corrected chi connectivity index (χ2v) is 6.23. The van der Waals surface area contributed by atoms with Crippen molar-refractivity contribution in [2.75, 3.05) is 12.7 Å². The van der Waals surface area contributed by atoms with E-state index in [0.29, 0.717) is 0 Å². The minimum Gasteiger partial charge on any atom is -0.425 e. The Balaban J connectivity index is 2.22. The second-order valence-electron chi connectivity index (χ2n) is 5.17. The summed E-state index contributed by atoms with van der Waals surface area (Å²) in [7, 11) is -2.32. The third-order valence-corrected chi connectivity index (χ3v) is 3.88. The molecule has 0 radical (unpaired) electrons. The van der Waals surface area contributed by atoms with Gasteiger partial charge in [0.2, 0.25) is 6.29 Å². The Bertz CT molecular complexity index is 396. The molecule has 0 aliphatic heterocycles. The van der Waals surface area contributed by atoms with Gasteiger partial charge in [-0.05, 0) is 12.8 Å². The smallest absolute Gasteiger partial charge is 0.410 e. The first-order chi connectivity index (χ1) is 10.4. The van der Waals surface area contributed by atoms with Gasteiger partial charge in [-0.2, -0.15) is 0 Å². The molecule has 0 spiro atoms. The van der Waals surface area contributed by atoms with Crippen LogP contribution in [-0.2, 0) is 19.1 Å². The lowest BCUT2D eigenvalue weighted by molar-refractivity contribution is -0.171. The molecule has 1 rings (SSSR count). The van der Waals surface area contributed by atoms with Gasteiger partial charge in [0.05, 0.1) is 18.6 Å². The molecule has 1 unspecified atom stereocenters. The van der Waals surface area contributed by atoms with E-state index in [1.54, 1.807) is 0 Å². The first-order valence-corrected chi connectivity index (χ1v) is 8.63. The number of nitrogens with one attached hydrogen (secondary N) is 1. The molecule has 0 bridgehead atoms. The van der Waals surface area contributed by atoms with Gasteiger partial charge in [-0.15, -0.1) is 0 Å². The second kappa shape index (κ2) is 9.71. The summed E-state index contributed by atoms with van der Waals surface area (Å²) in [5.74, 6) is -1.04. The van der Waals surface area contributed by atoms with Crippen molar-refractivity contribution in [2.24, 2.45) is 5.92 Å². The van der Waals surface area contributed by atoms with E-state index in [1.807, 2.05) is 0 Å². The van der Waals surface area contributed by atoms with Crippen molar-refractivity contribution in [1.82, 2.24) is 5.32 Å². The molecule has 1 fully saturated rings. The van der Waals surface area contributed by atoms with Crippen LogP contribution in [0.25, 0.3) is 0 Å². The molecule has 22 heavy (non-hydrogen) atoms. The zero-order valence-electron chi connectivity index (χ0n) is 12.5. The molecule has 0 saturated heterocycles. The van der Waals surface area contributed by atoms with Crippen molar-refractivity contribution < 1.29 is 33.6 Å².